The molecule has 1 aromatic rings. The minimum atomic E-state index is -0.0916. The van der Waals surface area contributed by atoms with E-state index in [4.69, 9.17) is 4.74 Å². The first-order chi connectivity index (χ1) is 8.86. The Hall–Kier alpha value is -1.71. The molecule has 1 aromatic carbocycles. The van der Waals surface area contributed by atoms with Crippen LogP contribution in [-0.4, -0.2) is 36.1 Å². The van der Waals surface area contributed by atoms with Gasteiger partial charge in [0.25, 0.3) is 5.91 Å². The van der Waals surface area contributed by atoms with Crippen LogP contribution < -0.4 is 4.74 Å². The number of ether oxygens (including phenoxy) is 1. The van der Waals surface area contributed by atoms with Gasteiger partial charge in [0.1, 0.15) is 0 Å². The van der Waals surface area contributed by atoms with Gasteiger partial charge in [-0.25, -0.2) is 0 Å². The Bertz CT molecular complexity index is 443. The lowest BCUT2D eigenvalue weighted by atomic mass is 10.0. The lowest BCUT2D eigenvalue weighted by molar-refractivity contribution is 0.0727. The lowest BCUT2D eigenvalue weighted by Gasteiger charge is -2.26. The zero-order valence-corrected chi connectivity index (χ0v) is 12.3. The fourth-order valence-corrected chi connectivity index (χ4v) is 2.07. The largest absolute Gasteiger partial charge is 0.504 e. The van der Waals surface area contributed by atoms with Crippen LogP contribution in [0.25, 0.3) is 0 Å². The number of aromatic hydroxyl groups is 1. The number of phenolic OH excluding ortho intramolecular Hbond substituents is 1. The normalized spacial score (nSPS) is 12.3. The van der Waals surface area contributed by atoms with Gasteiger partial charge in [0.05, 0.1) is 7.11 Å². The molecule has 1 unspecified atom stereocenters. The van der Waals surface area contributed by atoms with E-state index in [1.807, 2.05) is 6.92 Å². The van der Waals surface area contributed by atoms with Crippen LogP contribution in [0.1, 0.15) is 37.6 Å². The number of carbonyl (C=O) groups is 1. The SMILES string of the molecule is COc1ccc(C(=O)N(C)C(C)CC(C)C)cc1O. The van der Waals surface area contributed by atoms with Crippen LogP contribution in [-0.2, 0) is 0 Å². The Kier molecular flexibility index (Phi) is 5.21. The quantitative estimate of drug-likeness (QED) is 0.890. The molecule has 1 amide bonds. The van der Waals surface area contributed by atoms with Gasteiger partial charge in [-0.3, -0.25) is 4.79 Å². The van der Waals surface area contributed by atoms with Crippen molar-refractivity contribution in [2.24, 2.45) is 5.92 Å². The molecule has 0 aliphatic heterocycles. The molecule has 106 valence electrons. The summed E-state index contributed by atoms with van der Waals surface area (Å²) < 4.78 is 4.97. The molecule has 0 fully saturated rings. The van der Waals surface area contributed by atoms with E-state index in [0.29, 0.717) is 17.2 Å². The molecule has 0 aliphatic carbocycles. The van der Waals surface area contributed by atoms with E-state index in [1.165, 1.54) is 13.2 Å². The van der Waals surface area contributed by atoms with Crippen LogP contribution in [0.2, 0.25) is 0 Å². The van der Waals surface area contributed by atoms with Crippen molar-refractivity contribution in [1.82, 2.24) is 4.90 Å². The number of amides is 1. The smallest absolute Gasteiger partial charge is 0.253 e. The third kappa shape index (κ3) is 3.88. The molecule has 0 heterocycles. The van der Waals surface area contributed by atoms with Crippen LogP contribution >= 0.6 is 0 Å². The summed E-state index contributed by atoms with van der Waals surface area (Å²) in [6.07, 6.45) is 0.949. The second-order valence-corrected chi connectivity index (χ2v) is 5.28. The van der Waals surface area contributed by atoms with Crippen LogP contribution in [0.5, 0.6) is 11.5 Å². The van der Waals surface area contributed by atoms with Crippen molar-refractivity contribution < 1.29 is 14.6 Å². The molecule has 0 aliphatic rings. The second kappa shape index (κ2) is 6.45. The number of methoxy groups -OCH3 is 1. The number of phenols is 1. The Labute approximate surface area is 115 Å². The first-order valence-corrected chi connectivity index (χ1v) is 6.51. The minimum absolute atomic E-state index is 0.0155. The first kappa shape index (κ1) is 15.3. The monoisotopic (exact) mass is 265 g/mol. The second-order valence-electron chi connectivity index (χ2n) is 5.28. The molecule has 0 aromatic heterocycles. The van der Waals surface area contributed by atoms with Gasteiger partial charge in [0.15, 0.2) is 11.5 Å². The third-order valence-electron chi connectivity index (χ3n) is 3.22. The Balaban J connectivity index is 2.85. The number of carbonyl (C=O) groups excluding carboxylic acids is 1. The number of hydrogen-bond donors (Lipinski definition) is 1. The van der Waals surface area contributed by atoms with Crippen molar-refractivity contribution in [1.29, 1.82) is 0 Å². The van der Waals surface area contributed by atoms with Gasteiger partial charge < -0.3 is 14.7 Å². The van der Waals surface area contributed by atoms with Gasteiger partial charge in [-0.15, -0.1) is 0 Å². The molecule has 1 N–H and O–H groups in total. The van der Waals surface area contributed by atoms with E-state index in [-0.39, 0.29) is 17.7 Å². The molecule has 0 saturated carbocycles. The van der Waals surface area contributed by atoms with E-state index in [1.54, 1.807) is 24.1 Å². The average molecular weight is 265 g/mol. The fourth-order valence-electron chi connectivity index (χ4n) is 2.07. The van der Waals surface area contributed by atoms with Gasteiger partial charge in [0.2, 0.25) is 0 Å². The molecule has 19 heavy (non-hydrogen) atoms. The number of benzene rings is 1. The predicted octanol–water partition coefficient (Wildman–Crippen LogP) is 2.91. The van der Waals surface area contributed by atoms with Gasteiger partial charge in [-0.2, -0.15) is 0 Å². The molecule has 0 bridgehead atoms. The zero-order valence-electron chi connectivity index (χ0n) is 12.3. The maximum Gasteiger partial charge on any atom is 0.253 e. The van der Waals surface area contributed by atoms with Gasteiger partial charge in [-0.1, -0.05) is 13.8 Å². The zero-order chi connectivity index (χ0) is 14.6. The molecule has 4 heteroatoms. The lowest BCUT2D eigenvalue weighted by Crippen LogP contribution is -2.35. The molecule has 0 saturated heterocycles. The maximum absolute atomic E-state index is 12.3. The Morgan fingerprint density at radius 2 is 2.00 bits per heavy atom. The highest BCUT2D eigenvalue weighted by Crippen LogP contribution is 2.27. The Morgan fingerprint density at radius 1 is 1.37 bits per heavy atom. The van der Waals surface area contributed by atoms with Crippen LogP contribution in [0.3, 0.4) is 0 Å². The highest BCUT2D eigenvalue weighted by atomic mass is 16.5. The van der Waals surface area contributed by atoms with E-state index in [9.17, 15) is 9.90 Å². The van der Waals surface area contributed by atoms with Crippen molar-refractivity contribution >= 4 is 5.91 Å². The van der Waals surface area contributed by atoms with Crippen molar-refractivity contribution in [3.8, 4) is 11.5 Å². The van der Waals surface area contributed by atoms with Gasteiger partial charge in [-0.05, 0) is 37.5 Å². The molecule has 0 radical (unpaired) electrons. The molecule has 1 rings (SSSR count). The van der Waals surface area contributed by atoms with Crippen LogP contribution in [0.4, 0.5) is 0 Å². The summed E-state index contributed by atoms with van der Waals surface area (Å²) in [6, 6.07) is 4.87. The standard InChI is InChI=1S/C15H23NO3/c1-10(2)8-11(3)16(4)15(18)12-6-7-14(19-5)13(17)9-12/h6-7,9-11,17H,8H2,1-5H3. The predicted molar refractivity (Wildman–Crippen MR) is 75.7 cm³/mol. The van der Waals surface area contributed by atoms with E-state index in [2.05, 4.69) is 13.8 Å². The number of rotatable bonds is 5. The highest BCUT2D eigenvalue weighted by molar-refractivity contribution is 5.94. The number of nitrogens with zero attached hydrogens (tertiary/aromatic N) is 1. The minimum Gasteiger partial charge on any atom is -0.504 e. The van der Waals surface area contributed by atoms with Gasteiger partial charge >= 0.3 is 0 Å². The summed E-state index contributed by atoms with van der Waals surface area (Å²) in [5.74, 6) is 0.799. The van der Waals surface area contributed by atoms with Crippen molar-refractivity contribution in [3.63, 3.8) is 0 Å². The van der Waals surface area contributed by atoms with Crippen LogP contribution in [0.15, 0.2) is 18.2 Å². The molecule has 1 atom stereocenters. The van der Waals surface area contributed by atoms with Crippen molar-refractivity contribution in [2.75, 3.05) is 14.2 Å². The topological polar surface area (TPSA) is 49.8 Å². The third-order valence-corrected chi connectivity index (χ3v) is 3.22. The van der Waals surface area contributed by atoms with Gasteiger partial charge in [0, 0.05) is 18.7 Å². The Morgan fingerprint density at radius 3 is 2.47 bits per heavy atom. The fraction of sp³-hybridized carbons (Fsp3) is 0.533. The average Bonchev–Trinajstić information content (AvgIpc) is 2.36. The summed E-state index contributed by atoms with van der Waals surface area (Å²) >= 11 is 0. The highest BCUT2D eigenvalue weighted by Gasteiger charge is 2.19. The van der Waals surface area contributed by atoms with Crippen molar-refractivity contribution in [2.45, 2.75) is 33.2 Å². The summed E-state index contributed by atoms with van der Waals surface area (Å²) in [7, 11) is 3.27. The molecule has 4 nitrogen and oxygen atoms in total. The first-order valence-electron chi connectivity index (χ1n) is 6.51. The van der Waals surface area contributed by atoms with E-state index >= 15 is 0 Å². The van der Waals surface area contributed by atoms with Crippen molar-refractivity contribution in [3.05, 3.63) is 23.8 Å². The maximum atomic E-state index is 12.3. The van der Waals surface area contributed by atoms with Crippen LogP contribution in [0, 0.1) is 5.92 Å². The van der Waals surface area contributed by atoms with E-state index in [0.717, 1.165) is 6.42 Å². The summed E-state index contributed by atoms with van der Waals surface area (Å²) in [6.45, 7) is 6.29. The molecular weight excluding hydrogens is 242 g/mol. The molecule has 0 spiro atoms. The number of hydrogen-bond acceptors (Lipinski definition) is 3. The molecular formula is C15H23NO3. The summed E-state index contributed by atoms with van der Waals surface area (Å²) in [5.41, 5.74) is 0.469. The van der Waals surface area contributed by atoms with E-state index < -0.39 is 0 Å². The summed E-state index contributed by atoms with van der Waals surface area (Å²) in [4.78, 5) is 14.0. The summed E-state index contributed by atoms with van der Waals surface area (Å²) in [5, 5.41) is 9.71.